The molecule has 7 heteroatoms. The number of rotatable bonds is 9. The van der Waals surface area contributed by atoms with Gasteiger partial charge in [0.2, 0.25) is 0 Å². The molecule has 1 aliphatic rings. The average Bonchev–Trinajstić information content (AvgIpc) is 3.06. The van der Waals surface area contributed by atoms with Gasteiger partial charge < -0.3 is 24.2 Å². The highest BCUT2D eigenvalue weighted by Crippen LogP contribution is 2.43. The van der Waals surface area contributed by atoms with Crippen LogP contribution < -0.4 is 14.2 Å². The Morgan fingerprint density at radius 3 is 2.36 bits per heavy atom. The van der Waals surface area contributed by atoms with Gasteiger partial charge in [0.25, 0.3) is 11.7 Å². The zero-order valence-corrected chi connectivity index (χ0v) is 19.8. The first-order valence-electron chi connectivity index (χ1n) is 11.1. The molecular weight excluding hydrogens is 422 g/mol. The van der Waals surface area contributed by atoms with Crippen LogP contribution in [0.5, 0.6) is 17.2 Å². The van der Waals surface area contributed by atoms with Crippen LogP contribution in [0.4, 0.5) is 0 Å². The number of carbonyl (C=O) groups is 2. The van der Waals surface area contributed by atoms with E-state index in [0.29, 0.717) is 34.9 Å². The predicted molar refractivity (Wildman–Crippen MR) is 126 cm³/mol. The van der Waals surface area contributed by atoms with Gasteiger partial charge in [-0.3, -0.25) is 9.59 Å². The van der Waals surface area contributed by atoms with Crippen molar-refractivity contribution < 1.29 is 28.9 Å². The van der Waals surface area contributed by atoms with Crippen LogP contribution in [0.25, 0.3) is 5.76 Å². The molecule has 33 heavy (non-hydrogen) atoms. The van der Waals surface area contributed by atoms with Gasteiger partial charge >= 0.3 is 0 Å². The summed E-state index contributed by atoms with van der Waals surface area (Å²) < 4.78 is 16.6. The number of likely N-dealkylation sites (tertiary alicyclic amines) is 1. The molecule has 2 aromatic carbocycles. The first-order valence-corrected chi connectivity index (χ1v) is 11.1. The highest BCUT2D eigenvalue weighted by Gasteiger charge is 2.46. The number of amides is 1. The van der Waals surface area contributed by atoms with E-state index in [-0.39, 0.29) is 17.4 Å². The molecule has 0 aliphatic carbocycles. The second-order valence-electron chi connectivity index (χ2n) is 8.12. The first-order chi connectivity index (χ1) is 15.8. The number of ketones is 1. The van der Waals surface area contributed by atoms with Crippen LogP contribution in [0.2, 0.25) is 0 Å². The first kappa shape index (κ1) is 24.2. The number of Topliss-reactive ketones (excluding diaryl/α,β-unsaturated/α-hetero) is 1. The summed E-state index contributed by atoms with van der Waals surface area (Å²) in [7, 11) is 3.01. The molecule has 1 atom stereocenters. The van der Waals surface area contributed by atoms with Gasteiger partial charge in [-0.2, -0.15) is 0 Å². The number of aliphatic hydroxyl groups is 1. The van der Waals surface area contributed by atoms with Crippen LogP contribution in [-0.2, 0) is 9.59 Å². The van der Waals surface area contributed by atoms with Crippen molar-refractivity contribution in [2.24, 2.45) is 0 Å². The summed E-state index contributed by atoms with van der Waals surface area (Å²) in [6, 6.07) is 11.4. The molecule has 1 amide bonds. The number of carbonyl (C=O) groups excluding carboxylic acids is 2. The lowest BCUT2D eigenvalue weighted by Crippen LogP contribution is -2.31. The zero-order valence-electron chi connectivity index (χ0n) is 19.8. The van der Waals surface area contributed by atoms with Crippen molar-refractivity contribution in [3.8, 4) is 17.2 Å². The predicted octanol–water partition coefficient (Wildman–Crippen LogP) is 4.71. The van der Waals surface area contributed by atoms with E-state index in [4.69, 9.17) is 14.2 Å². The maximum absolute atomic E-state index is 13.2. The lowest BCUT2D eigenvalue weighted by Gasteiger charge is -2.27. The van der Waals surface area contributed by atoms with Crippen molar-refractivity contribution in [2.75, 3.05) is 20.8 Å². The molecule has 3 rings (SSSR count). The fraction of sp³-hybridized carbons (Fsp3) is 0.385. The minimum absolute atomic E-state index is 0.0307. The Labute approximate surface area is 194 Å². The molecule has 2 aromatic rings. The van der Waals surface area contributed by atoms with Gasteiger partial charge in [-0.05, 0) is 44.5 Å². The number of nitrogens with zero attached hydrogens (tertiary/aromatic N) is 1. The molecule has 1 fully saturated rings. The van der Waals surface area contributed by atoms with E-state index in [1.807, 2.05) is 45.0 Å². The summed E-state index contributed by atoms with van der Waals surface area (Å²) in [5, 5.41) is 11.3. The molecule has 1 saturated heterocycles. The van der Waals surface area contributed by atoms with Crippen molar-refractivity contribution in [2.45, 2.75) is 45.8 Å². The van der Waals surface area contributed by atoms with Gasteiger partial charge in [0.05, 0.1) is 31.9 Å². The summed E-state index contributed by atoms with van der Waals surface area (Å²) >= 11 is 0. The van der Waals surface area contributed by atoms with Crippen LogP contribution in [0.3, 0.4) is 0 Å². The number of para-hydroxylation sites is 1. The Kier molecular flexibility index (Phi) is 7.63. The van der Waals surface area contributed by atoms with Crippen LogP contribution >= 0.6 is 0 Å². The van der Waals surface area contributed by atoms with Crippen LogP contribution in [0, 0.1) is 0 Å². The Hall–Kier alpha value is -3.48. The topological polar surface area (TPSA) is 85.3 Å². The Morgan fingerprint density at radius 1 is 1.03 bits per heavy atom. The second kappa shape index (κ2) is 10.4. The number of methoxy groups -OCH3 is 2. The van der Waals surface area contributed by atoms with E-state index in [1.165, 1.54) is 19.1 Å². The van der Waals surface area contributed by atoms with Gasteiger partial charge in [0.1, 0.15) is 11.5 Å². The number of hydrogen-bond donors (Lipinski definition) is 1. The molecule has 0 bridgehead atoms. The minimum atomic E-state index is -0.764. The van der Waals surface area contributed by atoms with Crippen LogP contribution in [0.15, 0.2) is 48.0 Å². The number of hydrogen-bond acceptors (Lipinski definition) is 6. The van der Waals surface area contributed by atoms with E-state index in [1.54, 1.807) is 18.2 Å². The molecule has 0 saturated carbocycles. The SMILES string of the molecule is CCCCN1C(=O)C(=O)/C(=C(\O)c2ccc(OC)c(OC)c2)C1c1ccccc1OC(C)C. The van der Waals surface area contributed by atoms with E-state index >= 15 is 0 Å². The third-order valence-electron chi connectivity index (χ3n) is 5.53. The fourth-order valence-corrected chi connectivity index (χ4v) is 3.97. The number of unbranched alkanes of at least 4 members (excludes halogenated alkanes) is 1. The Balaban J connectivity index is 2.22. The van der Waals surface area contributed by atoms with E-state index in [9.17, 15) is 14.7 Å². The molecule has 1 N–H and O–H groups in total. The van der Waals surface area contributed by atoms with E-state index in [2.05, 4.69) is 0 Å². The normalized spacial score (nSPS) is 17.5. The van der Waals surface area contributed by atoms with Gasteiger partial charge in [-0.15, -0.1) is 0 Å². The van der Waals surface area contributed by atoms with E-state index in [0.717, 1.165) is 12.8 Å². The molecule has 0 radical (unpaired) electrons. The van der Waals surface area contributed by atoms with Gasteiger partial charge in [0.15, 0.2) is 11.5 Å². The van der Waals surface area contributed by atoms with Gasteiger partial charge in [0, 0.05) is 17.7 Å². The summed E-state index contributed by atoms with van der Waals surface area (Å²) in [6.07, 6.45) is 1.48. The molecule has 0 aromatic heterocycles. The van der Waals surface area contributed by atoms with E-state index < -0.39 is 17.7 Å². The van der Waals surface area contributed by atoms with Crippen molar-refractivity contribution in [3.63, 3.8) is 0 Å². The quantitative estimate of drug-likeness (QED) is 0.336. The average molecular weight is 454 g/mol. The molecular formula is C26H31NO6. The maximum Gasteiger partial charge on any atom is 0.295 e. The zero-order chi connectivity index (χ0) is 24.1. The standard InChI is InChI=1S/C26H31NO6/c1-6-7-14-27-23(18-10-8-9-11-19(18)33-16(2)3)22(25(29)26(27)30)24(28)17-12-13-20(31-4)21(15-17)32-5/h8-13,15-16,23,28H,6-7,14H2,1-5H3/b24-22-. The Bertz CT molecular complexity index is 1060. The van der Waals surface area contributed by atoms with Crippen molar-refractivity contribution in [3.05, 3.63) is 59.2 Å². The molecule has 1 aliphatic heterocycles. The smallest absolute Gasteiger partial charge is 0.295 e. The summed E-state index contributed by atoms with van der Waals surface area (Å²) in [5.41, 5.74) is 1.04. The number of benzene rings is 2. The highest BCUT2D eigenvalue weighted by atomic mass is 16.5. The van der Waals surface area contributed by atoms with Gasteiger partial charge in [-0.25, -0.2) is 0 Å². The van der Waals surface area contributed by atoms with Crippen molar-refractivity contribution in [1.29, 1.82) is 0 Å². The lowest BCUT2D eigenvalue weighted by atomic mass is 9.94. The minimum Gasteiger partial charge on any atom is -0.507 e. The molecule has 176 valence electrons. The number of ether oxygens (including phenoxy) is 3. The third-order valence-corrected chi connectivity index (χ3v) is 5.53. The maximum atomic E-state index is 13.2. The summed E-state index contributed by atoms with van der Waals surface area (Å²) in [6.45, 7) is 6.23. The van der Waals surface area contributed by atoms with Crippen LogP contribution in [-0.4, -0.2) is 48.6 Å². The summed E-state index contributed by atoms with van der Waals surface area (Å²) in [4.78, 5) is 27.8. The largest absolute Gasteiger partial charge is 0.507 e. The van der Waals surface area contributed by atoms with Crippen molar-refractivity contribution >= 4 is 17.4 Å². The number of aliphatic hydroxyl groups excluding tert-OH is 1. The fourth-order valence-electron chi connectivity index (χ4n) is 3.97. The van der Waals surface area contributed by atoms with Crippen molar-refractivity contribution in [1.82, 2.24) is 4.90 Å². The molecule has 7 nitrogen and oxygen atoms in total. The third kappa shape index (κ3) is 4.82. The molecule has 0 spiro atoms. The Morgan fingerprint density at radius 2 is 1.73 bits per heavy atom. The lowest BCUT2D eigenvalue weighted by molar-refractivity contribution is -0.139. The van der Waals surface area contributed by atoms with Crippen LogP contribution in [0.1, 0.15) is 50.8 Å². The second-order valence-corrected chi connectivity index (χ2v) is 8.12. The summed E-state index contributed by atoms with van der Waals surface area (Å²) in [5.74, 6) is -0.152. The highest BCUT2D eigenvalue weighted by molar-refractivity contribution is 6.46. The molecule has 1 heterocycles. The monoisotopic (exact) mass is 453 g/mol. The van der Waals surface area contributed by atoms with Gasteiger partial charge in [-0.1, -0.05) is 31.5 Å². The molecule has 1 unspecified atom stereocenters.